The molecule has 1 aromatic carbocycles. The first-order chi connectivity index (χ1) is 14.4. The highest BCUT2D eigenvalue weighted by atomic mass is 32.2. The summed E-state index contributed by atoms with van der Waals surface area (Å²) >= 11 is 0. The first-order valence-electron chi connectivity index (χ1n) is 10.1. The predicted octanol–water partition coefficient (Wildman–Crippen LogP) is 2.36. The Labute approximate surface area is 184 Å². The molecule has 0 unspecified atom stereocenters. The Balaban J connectivity index is 1.97. The molecule has 2 aliphatic rings. The maximum absolute atomic E-state index is 13.1. The van der Waals surface area contributed by atoms with E-state index < -0.39 is 52.4 Å². The summed E-state index contributed by atoms with van der Waals surface area (Å²) in [7, 11) is -1.20. The van der Waals surface area contributed by atoms with Gasteiger partial charge in [0.2, 0.25) is 0 Å². The number of hydrogen-bond acceptors (Lipinski definition) is 9. The molecule has 2 aliphatic heterocycles. The van der Waals surface area contributed by atoms with Crippen LogP contribution in [0.25, 0.3) is 0 Å². The molecule has 3 rings (SSSR count). The molecule has 9 nitrogen and oxygen atoms in total. The molecular formula is C21H32O9S. The summed E-state index contributed by atoms with van der Waals surface area (Å²) in [6.07, 6.45) is -4.25. The predicted molar refractivity (Wildman–Crippen MR) is 110 cm³/mol. The van der Waals surface area contributed by atoms with Crippen LogP contribution in [0.5, 0.6) is 0 Å². The Hall–Kier alpha value is -1.11. The topological polar surface area (TPSA) is 98.8 Å². The minimum atomic E-state index is -4.14. The number of rotatable bonds is 8. The van der Waals surface area contributed by atoms with Crippen molar-refractivity contribution < 1.29 is 41.0 Å². The van der Waals surface area contributed by atoms with Crippen molar-refractivity contribution >= 4 is 10.1 Å². The van der Waals surface area contributed by atoms with Crippen molar-refractivity contribution in [3.63, 3.8) is 0 Å². The number of benzene rings is 1. The summed E-state index contributed by atoms with van der Waals surface area (Å²) in [5, 5.41) is 0. The van der Waals surface area contributed by atoms with E-state index >= 15 is 0 Å². The van der Waals surface area contributed by atoms with E-state index in [2.05, 4.69) is 0 Å². The molecule has 0 bridgehead atoms. The quantitative estimate of drug-likeness (QED) is 0.428. The monoisotopic (exact) mass is 460 g/mol. The normalized spacial score (nSPS) is 28.8. The van der Waals surface area contributed by atoms with Gasteiger partial charge in [-0.3, -0.25) is 4.18 Å². The van der Waals surface area contributed by atoms with Crippen LogP contribution in [0.2, 0.25) is 0 Å². The summed E-state index contributed by atoms with van der Waals surface area (Å²) in [5.41, 5.74) is 0.933. The average Bonchev–Trinajstić information content (AvgIpc) is 3.20. The maximum Gasteiger partial charge on any atom is 0.297 e. The zero-order valence-corrected chi connectivity index (χ0v) is 19.8. The lowest BCUT2D eigenvalue weighted by atomic mass is 10.0. The first-order valence-corrected chi connectivity index (χ1v) is 11.5. The summed E-state index contributed by atoms with van der Waals surface area (Å²) in [4.78, 5) is 0.0334. The number of aryl methyl sites for hydroxylation is 1. The highest BCUT2D eigenvalue weighted by Crippen LogP contribution is 2.38. The molecular weight excluding hydrogens is 428 g/mol. The van der Waals surface area contributed by atoms with E-state index in [4.69, 9.17) is 32.6 Å². The Morgan fingerprint density at radius 3 is 2.03 bits per heavy atom. The van der Waals surface area contributed by atoms with Crippen molar-refractivity contribution in [2.45, 2.75) is 81.8 Å². The van der Waals surface area contributed by atoms with Gasteiger partial charge in [-0.15, -0.1) is 0 Å². The van der Waals surface area contributed by atoms with Crippen LogP contribution in [0.15, 0.2) is 29.2 Å². The fraction of sp³-hybridized carbons (Fsp3) is 0.714. The number of methoxy groups -OCH3 is 2. The van der Waals surface area contributed by atoms with Crippen LogP contribution in [0.1, 0.15) is 33.3 Å². The van der Waals surface area contributed by atoms with Crippen LogP contribution in [0.3, 0.4) is 0 Å². The standard InChI is InChI=1S/C21H32O9S/c1-13-8-10-14(11-9-13)31(22,23)30-16(15-12-26-20(2,3)27-15)17-18(19(24-6)25-7)29-21(4,5)28-17/h8-11,15-19H,12H2,1-7H3/t15-,16-,17+,18-/m1/s1. The molecule has 0 saturated carbocycles. The third-order valence-electron chi connectivity index (χ3n) is 5.16. The van der Waals surface area contributed by atoms with Gasteiger partial charge in [-0.1, -0.05) is 17.7 Å². The van der Waals surface area contributed by atoms with E-state index in [1.54, 1.807) is 39.8 Å². The molecule has 2 fully saturated rings. The van der Waals surface area contributed by atoms with Gasteiger partial charge >= 0.3 is 0 Å². The lowest BCUT2D eigenvalue weighted by Gasteiger charge is -2.32. The van der Waals surface area contributed by atoms with Crippen molar-refractivity contribution in [3.8, 4) is 0 Å². The smallest absolute Gasteiger partial charge is 0.297 e. The molecule has 10 heteroatoms. The fourth-order valence-electron chi connectivity index (χ4n) is 3.76. The van der Waals surface area contributed by atoms with Gasteiger partial charge in [0.25, 0.3) is 10.1 Å². The van der Waals surface area contributed by atoms with Crippen LogP contribution in [0, 0.1) is 6.92 Å². The van der Waals surface area contributed by atoms with Crippen LogP contribution >= 0.6 is 0 Å². The van der Waals surface area contributed by atoms with Crippen molar-refractivity contribution in [1.82, 2.24) is 0 Å². The molecule has 31 heavy (non-hydrogen) atoms. The van der Waals surface area contributed by atoms with Crippen LogP contribution in [-0.4, -0.2) is 71.5 Å². The maximum atomic E-state index is 13.1. The van der Waals surface area contributed by atoms with E-state index in [1.165, 1.54) is 26.4 Å². The number of hydrogen-bond donors (Lipinski definition) is 0. The summed E-state index contributed by atoms with van der Waals surface area (Å²) in [6, 6.07) is 6.41. The molecule has 176 valence electrons. The van der Waals surface area contributed by atoms with Crippen molar-refractivity contribution in [2.75, 3.05) is 20.8 Å². The van der Waals surface area contributed by atoms with Crippen LogP contribution in [0.4, 0.5) is 0 Å². The van der Waals surface area contributed by atoms with E-state index in [0.717, 1.165) is 5.56 Å². The third kappa shape index (κ3) is 5.63. The second kappa shape index (κ2) is 9.03. The number of ether oxygens (including phenoxy) is 6. The Morgan fingerprint density at radius 1 is 0.935 bits per heavy atom. The summed E-state index contributed by atoms with van der Waals surface area (Å²) in [5.74, 6) is -1.92. The molecule has 2 saturated heterocycles. The lowest BCUT2D eigenvalue weighted by Crippen LogP contribution is -2.51. The van der Waals surface area contributed by atoms with Crippen LogP contribution < -0.4 is 0 Å². The van der Waals surface area contributed by atoms with Gasteiger partial charge in [-0.2, -0.15) is 8.42 Å². The molecule has 0 aliphatic carbocycles. The Morgan fingerprint density at radius 2 is 1.52 bits per heavy atom. The highest BCUT2D eigenvalue weighted by molar-refractivity contribution is 7.86. The Kier molecular flexibility index (Phi) is 7.14. The minimum Gasteiger partial charge on any atom is -0.353 e. The second-order valence-electron chi connectivity index (χ2n) is 8.60. The molecule has 0 spiro atoms. The van der Waals surface area contributed by atoms with Gasteiger partial charge in [0.1, 0.15) is 24.4 Å². The Bertz CT molecular complexity index is 846. The van der Waals surface area contributed by atoms with Crippen molar-refractivity contribution in [1.29, 1.82) is 0 Å². The molecule has 1 aromatic rings. The highest BCUT2D eigenvalue weighted by Gasteiger charge is 2.55. The van der Waals surface area contributed by atoms with E-state index in [9.17, 15) is 8.42 Å². The van der Waals surface area contributed by atoms with E-state index in [0.29, 0.717) is 0 Å². The lowest BCUT2D eigenvalue weighted by molar-refractivity contribution is -0.202. The van der Waals surface area contributed by atoms with Gasteiger partial charge in [0.15, 0.2) is 17.9 Å². The van der Waals surface area contributed by atoms with Crippen molar-refractivity contribution in [2.24, 2.45) is 0 Å². The van der Waals surface area contributed by atoms with E-state index in [-0.39, 0.29) is 11.5 Å². The molecule has 0 aromatic heterocycles. The van der Waals surface area contributed by atoms with Gasteiger partial charge in [0.05, 0.1) is 11.5 Å². The van der Waals surface area contributed by atoms with E-state index in [1.807, 2.05) is 6.92 Å². The zero-order valence-electron chi connectivity index (χ0n) is 19.0. The van der Waals surface area contributed by atoms with Gasteiger partial charge < -0.3 is 28.4 Å². The first kappa shape index (κ1) is 24.5. The van der Waals surface area contributed by atoms with Crippen molar-refractivity contribution in [3.05, 3.63) is 29.8 Å². The second-order valence-corrected chi connectivity index (χ2v) is 10.2. The summed E-state index contributed by atoms with van der Waals surface area (Å²) < 4.78 is 66.5. The fourth-order valence-corrected chi connectivity index (χ4v) is 4.87. The summed E-state index contributed by atoms with van der Waals surface area (Å²) in [6.45, 7) is 8.95. The average molecular weight is 461 g/mol. The van der Waals surface area contributed by atoms with Gasteiger partial charge in [-0.05, 0) is 46.8 Å². The largest absolute Gasteiger partial charge is 0.353 e. The third-order valence-corrected chi connectivity index (χ3v) is 6.49. The minimum absolute atomic E-state index is 0.0334. The molecule has 0 amide bonds. The van der Waals surface area contributed by atoms with Crippen LogP contribution in [-0.2, 0) is 42.7 Å². The molecule has 0 N–H and O–H groups in total. The van der Waals surface area contributed by atoms with Gasteiger partial charge in [-0.25, -0.2) is 0 Å². The van der Waals surface area contributed by atoms with Gasteiger partial charge in [0, 0.05) is 14.2 Å². The molecule has 4 atom stereocenters. The molecule has 2 heterocycles. The SMILES string of the molecule is COC(OC)[C@@H]1OC(C)(C)O[C@H]1[C@H](OS(=O)(=O)c1ccc(C)cc1)[C@H]1COC(C)(C)O1. The zero-order chi connectivity index (χ0) is 23.0. The molecule has 0 radical (unpaired) electrons.